The Kier molecular flexibility index (Phi) is 3.97. The summed E-state index contributed by atoms with van der Waals surface area (Å²) in [6, 6.07) is 1.73. The molecule has 0 spiro atoms. The number of halogens is 1. The van der Waals surface area contributed by atoms with E-state index in [1.165, 1.54) is 0 Å². The molecule has 18 heavy (non-hydrogen) atoms. The van der Waals surface area contributed by atoms with E-state index in [0.717, 1.165) is 5.56 Å². The van der Waals surface area contributed by atoms with E-state index in [4.69, 9.17) is 20.8 Å². The van der Waals surface area contributed by atoms with E-state index in [9.17, 15) is 4.79 Å². The number of rotatable bonds is 2. The molecule has 0 N–H and O–H groups in total. The summed E-state index contributed by atoms with van der Waals surface area (Å²) in [6.07, 6.45) is 0.113. The standard InChI is InChI=1S/C13H18ClNO3/c1-8-6-15(7-9(2)17-8)13(16)12-4-11(5-14)10(3)18-12/h4,8-9H,5-7H2,1-3H3. The van der Waals surface area contributed by atoms with Crippen LogP contribution in [0.5, 0.6) is 0 Å². The van der Waals surface area contributed by atoms with Gasteiger partial charge in [0.2, 0.25) is 0 Å². The first-order valence-corrected chi connectivity index (χ1v) is 6.64. The maximum absolute atomic E-state index is 12.3. The van der Waals surface area contributed by atoms with Crippen molar-refractivity contribution in [1.82, 2.24) is 4.90 Å². The van der Waals surface area contributed by atoms with Gasteiger partial charge in [-0.2, -0.15) is 0 Å². The highest BCUT2D eigenvalue weighted by molar-refractivity contribution is 6.17. The first-order valence-electron chi connectivity index (χ1n) is 6.11. The molecule has 0 bridgehead atoms. The second kappa shape index (κ2) is 5.33. The average molecular weight is 272 g/mol. The molecule has 1 fully saturated rings. The van der Waals surface area contributed by atoms with E-state index < -0.39 is 0 Å². The Hall–Kier alpha value is -1.00. The molecule has 1 saturated heterocycles. The van der Waals surface area contributed by atoms with Gasteiger partial charge in [0.15, 0.2) is 5.76 Å². The molecule has 2 rings (SSSR count). The Morgan fingerprint density at radius 2 is 2.06 bits per heavy atom. The smallest absolute Gasteiger partial charge is 0.289 e. The molecule has 1 amide bonds. The van der Waals surface area contributed by atoms with Gasteiger partial charge in [-0.3, -0.25) is 4.79 Å². The normalized spacial score (nSPS) is 24.3. The lowest BCUT2D eigenvalue weighted by atomic mass is 10.2. The first-order chi connectivity index (χ1) is 8.51. The molecule has 0 radical (unpaired) electrons. The molecule has 2 unspecified atom stereocenters. The quantitative estimate of drug-likeness (QED) is 0.777. The SMILES string of the molecule is Cc1oc(C(=O)N2CC(C)OC(C)C2)cc1CCl. The maximum Gasteiger partial charge on any atom is 0.289 e. The number of amides is 1. The van der Waals surface area contributed by atoms with Crippen LogP contribution in [0, 0.1) is 6.92 Å². The maximum atomic E-state index is 12.3. The summed E-state index contributed by atoms with van der Waals surface area (Å²) < 4.78 is 11.1. The van der Waals surface area contributed by atoms with Gasteiger partial charge in [0.05, 0.1) is 18.1 Å². The zero-order chi connectivity index (χ0) is 13.3. The van der Waals surface area contributed by atoms with E-state index in [2.05, 4.69) is 0 Å². The lowest BCUT2D eigenvalue weighted by Gasteiger charge is -2.34. The predicted octanol–water partition coefficient (Wildman–Crippen LogP) is 2.58. The minimum Gasteiger partial charge on any atom is -0.456 e. The van der Waals surface area contributed by atoms with Crippen molar-refractivity contribution in [3.8, 4) is 0 Å². The van der Waals surface area contributed by atoms with Crippen LogP contribution in [-0.2, 0) is 10.6 Å². The van der Waals surface area contributed by atoms with Crippen LogP contribution in [0.15, 0.2) is 10.5 Å². The van der Waals surface area contributed by atoms with Gasteiger partial charge in [-0.05, 0) is 26.8 Å². The molecule has 1 aliphatic rings. The summed E-state index contributed by atoms with van der Waals surface area (Å²) in [5, 5.41) is 0. The third-order valence-electron chi connectivity index (χ3n) is 3.08. The Labute approximate surface area is 112 Å². The molecular weight excluding hydrogens is 254 g/mol. The number of ether oxygens (including phenoxy) is 1. The van der Waals surface area contributed by atoms with Gasteiger partial charge in [0.25, 0.3) is 5.91 Å². The van der Waals surface area contributed by atoms with Gasteiger partial charge in [-0.15, -0.1) is 11.6 Å². The second-order valence-corrected chi connectivity index (χ2v) is 5.06. The number of furan rings is 1. The number of aryl methyl sites for hydroxylation is 1. The number of carbonyl (C=O) groups is 1. The average Bonchev–Trinajstić information content (AvgIpc) is 2.68. The van der Waals surface area contributed by atoms with Gasteiger partial charge in [-0.25, -0.2) is 0 Å². The summed E-state index contributed by atoms with van der Waals surface area (Å²) >= 11 is 5.78. The molecule has 1 aromatic rings. The fourth-order valence-electron chi connectivity index (χ4n) is 2.26. The van der Waals surface area contributed by atoms with Crippen molar-refractivity contribution < 1.29 is 13.9 Å². The minimum absolute atomic E-state index is 0.0567. The summed E-state index contributed by atoms with van der Waals surface area (Å²) in [4.78, 5) is 14.1. The summed E-state index contributed by atoms with van der Waals surface area (Å²) in [5.41, 5.74) is 0.870. The zero-order valence-corrected chi connectivity index (χ0v) is 11.7. The second-order valence-electron chi connectivity index (χ2n) is 4.79. The highest BCUT2D eigenvalue weighted by atomic mass is 35.5. The largest absolute Gasteiger partial charge is 0.456 e. The van der Waals surface area contributed by atoms with E-state index in [-0.39, 0.29) is 18.1 Å². The molecule has 5 heteroatoms. The van der Waals surface area contributed by atoms with Crippen LogP contribution in [0.3, 0.4) is 0 Å². The van der Waals surface area contributed by atoms with E-state index >= 15 is 0 Å². The van der Waals surface area contributed by atoms with Gasteiger partial charge in [-0.1, -0.05) is 0 Å². The number of hydrogen-bond acceptors (Lipinski definition) is 3. The summed E-state index contributed by atoms with van der Waals surface area (Å²) in [5.74, 6) is 1.35. The highest BCUT2D eigenvalue weighted by Gasteiger charge is 2.28. The van der Waals surface area contributed by atoms with Crippen LogP contribution in [-0.4, -0.2) is 36.1 Å². The van der Waals surface area contributed by atoms with Crippen LogP contribution in [0.25, 0.3) is 0 Å². The lowest BCUT2D eigenvalue weighted by molar-refractivity contribution is -0.0592. The predicted molar refractivity (Wildman–Crippen MR) is 68.9 cm³/mol. The van der Waals surface area contributed by atoms with E-state index in [0.29, 0.717) is 30.5 Å². The van der Waals surface area contributed by atoms with Crippen molar-refractivity contribution in [1.29, 1.82) is 0 Å². The zero-order valence-electron chi connectivity index (χ0n) is 10.9. The monoisotopic (exact) mass is 271 g/mol. The first kappa shape index (κ1) is 13.4. The third kappa shape index (κ3) is 2.70. The molecule has 2 atom stereocenters. The molecule has 0 aliphatic carbocycles. The Balaban J connectivity index is 2.14. The van der Waals surface area contributed by atoms with Crippen molar-refractivity contribution in [3.63, 3.8) is 0 Å². The van der Waals surface area contributed by atoms with Crippen LogP contribution in [0.2, 0.25) is 0 Å². The Morgan fingerprint density at radius 1 is 1.44 bits per heavy atom. The number of alkyl halides is 1. The number of nitrogens with zero attached hydrogens (tertiary/aromatic N) is 1. The van der Waals surface area contributed by atoms with Crippen LogP contribution in [0.1, 0.15) is 35.7 Å². The Bertz CT molecular complexity index is 433. The van der Waals surface area contributed by atoms with Crippen molar-refractivity contribution in [3.05, 3.63) is 23.2 Å². The van der Waals surface area contributed by atoms with Crippen LogP contribution < -0.4 is 0 Å². The van der Waals surface area contributed by atoms with Crippen molar-refractivity contribution in [2.45, 2.75) is 38.9 Å². The lowest BCUT2D eigenvalue weighted by Crippen LogP contribution is -2.48. The minimum atomic E-state index is -0.0866. The number of carbonyl (C=O) groups excluding carboxylic acids is 1. The topological polar surface area (TPSA) is 42.7 Å². The molecule has 1 aliphatic heterocycles. The van der Waals surface area contributed by atoms with Crippen molar-refractivity contribution >= 4 is 17.5 Å². The molecule has 4 nitrogen and oxygen atoms in total. The van der Waals surface area contributed by atoms with Gasteiger partial charge in [0, 0.05) is 18.7 Å². The summed E-state index contributed by atoms with van der Waals surface area (Å²) in [7, 11) is 0. The van der Waals surface area contributed by atoms with E-state index in [1.807, 2.05) is 20.8 Å². The van der Waals surface area contributed by atoms with Crippen LogP contribution >= 0.6 is 11.6 Å². The fraction of sp³-hybridized carbons (Fsp3) is 0.615. The van der Waals surface area contributed by atoms with Crippen molar-refractivity contribution in [2.24, 2.45) is 0 Å². The molecule has 1 aromatic heterocycles. The van der Waals surface area contributed by atoms with Gasteiger partial charge >= 0.3 is 0 Å². The molecule has 100 valence electrons. The van der Waals surface area contributed by atoms with E-state index in [1.54, 1.807) is 11.0 Å². The van der Waals surface area contributed by atoms with Crippen LogP contribution in [0.4, 0.5) is 0 Å². The number of hydrogen-bond donors (Lipinski definition) is 0. The highest BCUT2D eigenvalue weighted by Crippen LogP contribution is 2.20. The third-order valence-corrected chi connectivity index (χ3v) is 3.37. The van der Waals surface area contributed by atoms with Crippen molar-refractivity contribution in [2.75, 3.05) is 13.1 Å². The van der Waals surface area contributed by atoms with Gasteiger partial charge < -0.3 is 14.1 Å². The fourth-order valence-corrected chi connectivity index (χ4v) is 2.52. The van der Waals surface area contributed by atoms with Gasteiger partial charge in [0.1, 0.15) is 5.76 Å². The molecule has 0 aromatic carbocycles. The molecule has 0 saturated carbocycles. The molecule has 2 heterocycles. The molecular formula is C13H18ClNO3. The number of morpholine rings is 1. The summed E-state index contributed by atoms with van der Waals surface area (Å²) in [6.45, 7) is 6.94. The Morgan fingerprint density at radius 3 is 2.56 bits per heavy atom.